The molecule has 9 N–H and O–H groups in total. The van der Waals surface area contributed by atoms with Crippen LogP contribution in [0.15, 0.2) is 35.3 Å². The number of likely N-dealkylation sites (N-methyl/N-ethyl adjacent to an activating group) is 1. The summed E-state index contributed by atoms with van der Waals surface area (Å²) in [5.41, 5.74) is 11.8. The molecule has 3 rings (SSSR count). The zero-order valence-electron chi connectivity index (χ0n) is 42.1. The summed E-state index contributed by atoms with van der Waals surface area (Å²) in [7, 11) is 3.94. The van der Waals surface area contributed by atoms with E-state index in [-0.39, 0.29) is 51.0 Å². The number of unbranched alkanes of at least 4 members (excludes halogenated alkanes) is 2. The van der Waals surface area contributed by atoms with Crippen molar-refractivity contribution in [3.05, 3.63) is 35.9 Å². The first kappa shape index (κ1) is 58.0. The number of carbonyl (C=O) groups excluding carboxylic acids is 9. The van der Waals surface area contributed by atoms with Crippen molar-refractivity contribution in [2.75, 3.05) is 27.8 Å². The van der Waals surface area contributed by atoms with Crippen molar-refractivity contribution in [2.45, 2.75) is 167 Å². The molecule has 2 fully saturated rings. The lowest BCUT2D eigenvalue weighted by molar-refractivity contribution is -0.171. The summed E-state index contributed by atoms with van der Waals surface area (Å²) in [5, 5.41) is 13.3. The first-order chi connectivity index (χ1) is 33.2. The molecule has 2 heterocycles. The van der Waals surface area contributed by atoms with Gasteiger partial charge in [-0.05, 0) is 56.4 Å². The van der Waals surface area contributed by atoms with Crippen molar-refractivity contribution in [3.8, 4) is 0 Å². The normalized spacial score (nSPS) is 24.9. The number of piperidine rings is 1. The molecule has 1 unspecified atom stereocenters. The highest BCUT2D eigenvalue weighted by Crippen LogP contribution is 2.28. The van der Waals surface area contributed by atoms with Crippen LogP contribution in [0.5, 0.6) is 0 Å². The monoisotopic (exact) mass is 985 g/mol. The molecule has 70 heavy (non-hydrogen) atoms. The van der Waals surface area contributed by atoms with Crippen LogP contribution < -0.4 is 38.1 Å². The number of nitrogens with zero attached hydrogens (tertiary/aromatic N) is 3. The summed E-state index contributed by atoms with van der Waals surface area (Å²) in [6, 6.07) is -0.871. The number of guanidine groups is 1. The number of carbonyl (C=O) groups is 9. The number of ether oxygens (including phenoxy) is 3. The number of hydrogen-bond donors (Lipinski definition) is 7. The van der Waals surface area contributed by atoms with Gasteiger partial charge in [0.25, 0.3) is 0 Å². The van der Waals surface area contributed by atoms with Gasteiger partial charge in [0.15, 0.2) is 5.96 Å². The second kappa shape index (κ2) is 28.4. The Labute approximate surface area is 410 Å². The Morgan fingerprint density at radius 3 is 2.19 bits per heavy atom. The van der Waals surface area contributed by atoms with Gasteiger partial charge in [0, 0.05) is 33.5 Å². The molecule has 1 aromatic carbocycles. The third-order valence-electron chi connectivity index (χ3n) is 12.7. The molecule has 2 aliphatic rings. The number of aliphatic imine (C=N–C) groups is 1. The predicted molar refractivity (Wildman–Crippen MR) is 258 cm³/mol. The van der Waals surface area contributed by atoms with Crippen LogP contribution in [0.3, 0.4) is 0 Å². The fourth-order valence-electron chi connectivity index (χ4n) is 8.37. The molecular formula is C48H76N10O12. The Balaban J connectivity index is 2.26. The van der Waals surface area contributed by atoms with E-state index in [0.29, 0.717) is 18.4 Å². The molecule has 7 amide bonds. The first-order valence-corrected chi connectivity index (χ1v) is 24.2. The van der Waals surface area contributed by atoms with Gasteiger partial charge in [-0.2, -0.15) is 0 Å². The van der Waals surface area contributed by atoms with Crippen LogP contribution in [0, 0.1) is 11.8 Å². The van der Waals surface area contributed by atoms with Gasteiger partial charge < -0.3 is 62.1 Å². The van der Waals surface area contributed by atoms with Gasteiger partial charge >= 0.3 is 11.9 Å². The summed E-state index contributed by atoms with van der Waals surface area (Å²) in [4.78, 5) is 134. The molecule has 0 aliphatic carbocycles. The van der Waals surface area contributed by atoms with Crippen molar-refractivity contribution >= 4 is 59.2 Å². The lowest BCUT2D eigenvalue weighted by Crippen LogP contribution is -2.66. The van der Waals surface area contributed by atoms with E-state index in [1.807, 2.05) is 6.92 Å². The number of benzene rings is 1. The fourth-order valence-corrected chi connectivity index (χ4v) is 8.37. The molecule has 22 nitrogen and oxygen atoms in total. The van der Waals surface area contributed by atoms with Crippen LogP contribution in [0.4, 0.5) is 0 Å². The Hall–Kier alpha value is -6.32. The van der Waals surface area contributed by atoms with Gasteiger partial charge in [-0.3, -0.25) is 43.3 Å². The summed E-state index contributed by atoms with van der Waals surface area (Å²) in [5.74, 6) is -8.59. The number of nitrogens with two attached hydrogens (primary N) is 2. The van der Waals surface area contributed by atoms with Crippen LogP contribution in [0.1, 0.15) is 111 Å². The fraction of sp³-hybridized carbons (Fsp3) is 0.667. The minimum Gasteiger partial charge on any atom is -0.469 e. The first-order valence-electron chi connectivity index (χ1n) is 24.2. The van der Waals surface area contributed by atoms with Crippen LogP contribution in [0.2, 0.25) is 0 Å². The van der Waals surface area contributed by atoms with Gasteiger partial charge in [0.1, 0.15) is 54.6 Å². The maximum Gasteiger partial charge on any atom is 0.329 e. The van der Waals surface area contributed by atoms with E-state index < -0.39 is 126 Å². The largest absolute Gasteiger partial charge is 0.469 e. The minimum atomic E-state index is -1.80. The zero-order chi connectivity index (χ0) is 52.2. The zero-order valence-corrected chi connectivity index (χ0v) is 42.1. The van der Waals surface area contributed by atoms with E-state index in [0.717, 1.165) is 20.0 Å². The average molecular weight is 985 g/mol. The number of methoxy groups -OCH3 is 2. The molecule has 0 aromatic heterocycles. The summed E-state index contributed by atoms with van der Waals surface area (Å²) in [6.45, 7) is 10.3. The molecule has 10 atom stereocenters. The highest BCUT2D eigenvalue weighted by Gasteiger charge is 2.47. The van der Waals surface area contributed by atoms with E-state index in [4.69, 9.17) is 25.7 Å². The summed E-state index contributed by atoms with van der Waals surface area (Å²) < 4.78 is 16.5. The van der Waals surface area contributed by atoms with Crippen molar-refractivity contribution in [3.63, 3.8) is 0 Å². The maximum absolute atomic E-state index is 14.9. The number of fused-ring (bicyclic) bond motifs is 2. The van der Waals surface area contributed by atoms with Crippen molar-refractivity contribution in [1.82, 2.24) is 36.4 Å². The lowest BCUT2D eigenvalue weighted by atomic mass is 9.93. The third kappa shape index (κ3) is 16.7. The highest BCUT2D eigenvalue weighted by atomic mass is 16.5. The number of hydrogen-bond acceptors (Lipinski definition) is 13. The number of cyclic esters (lactones) is 1. The topological polar surface area (TPSA) is 312 Å². The molecule has 2 saturated heterocycles. The van der Waals surface area contributed by atoms with Crippen LogP contribution in [-0.2, 0) is 63.8 Å². The SMILES string of the molecule is CCCCCC(=O)N[C@H](CC(=O)OC)C(=O)N[C@@H]1C(=O)N[C@@H](CCCN=C(N)N)C(=O)N[C@H]2CC[C@@H](OC)N(C2=O)[C@@H](C(C)C)C(=O)N(C)[C@@H](Cc2ccccc2)C(=O)NC([C@@H](C)CC)C(=O)O[C@H]1C. The maximum atomic E-state index is 14.9. The minimum absolute atomic E-state index is 0.000523. The third-order valence-corrected chi connectivity index (χ3v) is 12.7. The number of nitrogens with one attached hydrogen (secondary N) is 5. The van der Waals surface area contributed by atoms with Crippen molar-refractivity contribution in [2.24, 2.45) is 28.3 Å². The van der Waals surface area contributed by atoms with Crippen LogP contribution in [-0.4, -0.2) is 151 Å². The molecule has 2 bridgehead atoms. The van der Waals surface area contributed by atoms with Crippen LogP contribution in [0.25, 0.3) is 0 Å². The second-order valence-corrected chi connectivity index (χ2v) is 18.3. The molecule has 2 aliphatic heterocycles. The van der Waals surface area contributed by atoms with Gasteiger partial charge in [0.2, 0.25) is 41.4 Å². The smallest absolute Gasteiger partial charge is 0.329 e. The second-order valence-electron chi connectivity index (χ2n) is 18.3. The Bertz CT molecular complexity index is 2000. The highest BCUT2D eigenvalue weighted by molar-refractivity contribution is 5.99. The van der Waals surface area contributed by atoms with Gasteiger partial charge in [0.05, 0.1) is 13.5 Å². The van der Waals surface area contributed by atoms with E-state index in [1.165, 1.54) is 30.9 Å². The molecule has 22 heteroatoms. The van der Waals surface area contributed by atoms with Crippen molar-refractivity contribution < 1.29 is 57.4 Å². The number of rotatable bonds is 19. The van der Waals surface area contributed by atoms with E-state index >= 15 is 0 Å². The Morgan fingerprint density at radius 1 is 0.900 bits per heavy atom. The van der Waals surface area contributed by atoms with E-state index in [1.54, 1.807) is 58.0 Å². The van der Waals surface area contributed by atoms with Gasteiger partial charge in [-0.1, -0.05) is 84.2 Å². The molecule has 0 saturated carbocycles. The molecular weight excluding hydrogens is 909 g/mol. The standard InChI is InChI=1S/C48H76N10O12/c1-10-12-14-21-35(59)52-33(26-37(60)69-9)42(62)56-39-29(6)70-47(67)38(28(5)11-2)55-43(63)34(25-30-18-15-13-16-19-30)57(7)46(66)40(27(3)4)58-36(68-8)23-22-32(45(58)65)54-41(61)31(53-44(39)64)20-17-24-51-48(49)50/h13,15-16,18-19,27-29,31-34,36,38-40H,10-12,14,17,20-26H2,1-9H3,(H,52,59)(H,53,64)(H,54,61)(H,55,63)(H,56,62)(H4,49,50,51)/t28-,29-,31-,32-,33+,34-,36+,38?,39-,40-/m0/s1. The van der Waals surface area contributed by atoms with Crippen LogP contribution >= 0.6 is 0 Å². The van der Waals surface area contributed by atoms with E-state index in [9.17, 15) is 43.2 Å². The number of amides is 7. The molecule has 0 spiro atoms. The summed E-state index contributed by atoms with van der Waals surface area (Å²) >= 11 is 0. The molecule has 1 aromatic rings. The van der Waals surface area contributed by atoms with Crippen molar-refractivity contribution in [1.29, 1.82) is 0 Å². The Kier molecular flexibility index (Phi) is 23.5. The molecule has 0 radical (unpaired) electrons. The van der Waals surface area contributed by atoms with E-state index in [2.05, 4.69) is 31.6 Å². The quantitative estimate of drug-likeness (QED) is 0.0424. The number of esters is 2. The summed E-state index contributed by atoms with van der Waals surface area (Å²) in [6.07, 6.45) is -0.338. The Morgan fingerprint density at radius 2 is 1.59 bits per heavy atom. The predicted octanol–water partition coefficient (Wildman–Crippen LogP) is 0.288. The average Bonchev–Trinajstić information content (AvgIpc) is 3.32. The van der Waals surface area contributed by atoms with Gasteiger partial charge in [-0.25, -0.2) is 4.79 Å². The molecule has 390 valence electrons. The lowest BCUT2D eigenvalue weighted by Gasteiger charge is -2.45. The van der Waals surface area contributed by atoms with Gasteiger partial charge in [-0.15, -0.1) is 0 Å².